The molecule has 37 heavy (non-hydrogen) atoms. The van der Waals surface area contributed by atoms with Gasteiger partial charge in [-0.2, -0.15) is 0 Å². The third-order valence-electron chi connectivity index (χ3n) is 5.22. The van der Waals surface area contributed by atoms with Crippen LogP contribution in [0.5, 0.6) is 11.5 Å². The molecule has 0 aliphatic rings. The van der Waals surface area contributed by atoms with Crippen LogP contribution >= 0.6 is 11.6 Å². The van der Waals surface area contributed by atoms with E-state index in [1.54, 1.807) is 55.5 Å². The van der Waals surface area contributed by atoms with Crippen LogP contribution in [-0.4, -0.2) is 36.0 Å². The van der Waals surface area contributed by atoms with Crippen molar-refractivity contribution in [2.45, 2.75) is 20.0 Å². The number of rotatable bonds is 12. The van der Waals surface area contributed by atoms with Crippen LogP contribution in [0.3, 0.4) is 0 Å². The van der Waals surface area contributed by atoms with Gasteiger partial charge >= 0.3 is 5.97 Å². The van der Waals surface area contributed by atoms with Crippen molar-refractivity contribution in [2.75, 3.05) is 23.8 Å². The largest absolute Gasteiger partial charge is 0.490 e. The van der Waals surface area contributed by atoms with Gasteiger partial charge in [0.15, 0.2) is 18.1 Å². The van der Waals surface area contributed by atoms with Crippen LogP contribution in [0.4, 0.5) is 11.4 Å². The fraction of sp³-hybridized carbons (Fsp3) is 0.192. The topological polar surface area (TPSA) is 173 Å². The summed E-state index contributed by atoms with van der Waals surface area (Å²) in [7, 11) is 0. The number of benzene rings is 3. The standard InChI is InChI=1S/C26H28ClN5O5/c1-2-36-22-10-15(12-28)9-17(24(22)37-14-23(33)34)13-31-21-8-5-18(27)11-20(21)26(35)32-19-6-3-16(4-7-19)25(29)30/h3-11,31H,2,12-14,28H2,1H3,(H3,29,30)(H,32,35)(H,33,34). The van der Waals surface area contributed by atoms with Gasteiger partial charge in [-0.1, -0.05) is 11.6 Å². The Morgan fingerprint density at radius 2 is 1.81 bits per heavy atom. The molecule has 1 amide bonds. The molecule has 0 unspecified atom stereocenters. The van der Waals surface area contributed by atoms with Gasteiger partial charge in [-0.05, 0) is 67.1 Å². The number of carboxylic acid groups (broad SMARTS) is 1. The van der Waals surface area contributed by atoms with E-state index >= 15 is 0 Å². The molecule has 8 N–H and O–H groups in total. The van der Waals surface area contributed by atoms with Gasteiger partial charge in [0.2, 0.25) is 0 Å². The minimum Gasteiger partial charge on any atom is -0.490 e. The minimum absolute atomic E-state index is 0.0721. The number of amides is 1. The molecule has 0 radical (unpaired) electrons. The SMILES string of the molecule is CCOc1cc(CN)cc(CNc2ccc(Cl)cc2C(=O)Nc2ccc(C(=N)N)cc2)c1OCC(=O)O. The summed E-state index contributed by atoms with van der Waals surface area (Å²) in [6, 6.07) is 14.9. The highest BCUT2D eigenvalue weighted by Gasteiger charge is 2.17. The number of ether oxygens (including phenoxy) is 2. The fourth-order valence-corrected chi connectivity index (χ4v) is 3.69. The first-order valence-corrected chi connectivity index (χ1v) is 11.7. The molecule has 3 aromatic carbocycles. The molecule has 0 spiro atoms. The fourth-order valence-electron chi connectivity index (χ4n) is 3.51. The minimum atomic E-state index is -1.13. The Morgan fingerprint density at radius 3 is 2.43 bits per heavy atom. The summed E-state index contributed by atoms with van der Waals surface area (Å²) >= 11 is 6.18. The van der Waals surface area contributed by atoms with Gasteiger partial charge in [-0.3, -0.25) is 10.2 Å². The number of nitrogens with one attached hydrogen (secondary N) is 3. The molecule has 0 saturated heterocycles. The van der Waals surface area contributed by atoms with E-state index in [2.05, 4.69) is 10.6 Å². The molecule has 194 valence electrons. The summed E-state index contributed by atoms with van der Waals surface area (Å²) in [5, 5.41) is 23.0. The van der Waals surface area contributed by atoms with Gasteiger partial charge in [0, 0.05) is 40.6 Å². The lowest BCUT2D eigenvalue weighted by Gasteiger charge is -2.18. The number of hydrogen-bond acceptors (Lipinski definition) is 7. The molecule has 0 saturated carbocycles. The van der Waals surface area contributed by atoms with Gasteiger partial charge in [0.25, 0.3) is 5.91 Å². The zero-order chi connectivity index (χ0) is 26.9. The van der Waals surface area contributed by atoms with Crippen molar-refractivity contribution in [3.8, 4) is 11.5 Å². The molecule has 11 heteroatoms. The normalized spacial score (nSPS) is 10.5. The molecular formula is C26H28ClN5O5. The highest BCUT2D eigenvalue weighted by Crippen LogP contribution is 2.34. The predicted molar refractivity (Wildman–Crippen MR) is 143 cm³/mol. The van der Waals surface area contributed by atoms with E-state index in [-0.39, 0.29) is 30.2 Å². The van der Waals surface area contributed by atoms with E-state index in [4.69, 9.17) is 43.1 Å². The number of nitrogens with two attached hydrogens (primary N) is 2. The van der Waals surface area contributed by atoms with Crippen molar-refractivity contribution in [3.63, 3.8) is 0 Å². The van der Waals surface area contributed by atoms with E-state index in [9.17, 15) is 9.59 Å². The average molecular weight is 526 g/mol. The third-order valence-corrected chi connectivity index (χ3v) is 5.45. The first-order valence-electron chi connectivity index (χ1n) is 11.3. The number of carboxylic acids is 1. The maximum atomic E-state index is 13.1. The Bertz CT molecular complexity index is 1300. The highest BCUT2D eigenvalue weighted by atomic mass is 35.5. The summed E-state index contributed by atoms with van der Waals surface area (Å²) in [5.41, 5.74) is 14.5. The van der Waals surface area contributed by atoms with Gasteiger partial charge < -0.3 is 36.7 Å². The zero-order valence-electron chi connectivity index (χ0n) is 20.1. The highest BCUT2D eigenvalue weighted by molar-refractivity contribution is 6.31. The Labute approximate surface area is 219 Å². The van der Waals surface area contributed by atoms with Crippen LogP contribution in [0.1, 0.15) is 34.0 Å². The van der Waals surface area contributed by atoms with Gasteiger partial charge in [-0.25, -0.2) is 4.79 Å². The van der Waals surface area contributed by atoms with Crippen molar-refractivity contribution in [1.82, 2.24) is 0 Å². The maximum absolute atomic E-state index is 13.1. The number of nitrogen functional groups attached to an aromatic ring is 1. The molecule has 0 bridgehead atoms. The number of carbonyl (C=O) groups is 2. The van der Waals surface area contributed by atoms with E-state index in [1.165, 1.54) is 6.07 Å². The summed E-state index contributed by atoms with van der Waals surface area (Å²) < 4.78 is 11.2. The van der Waals surface area contributed by atoms with Crippen molar-refractivity contribution in [3.05, 3.63) is 81.9 Å². The average Bonchev–Trinajstić information content (AvgIpc) is 2.87. The molecule has 0 heterocycles. The maximum Gasteiger partial charge on any atom is 0.341 e. The predicted octanol–water partition coefficient (Wildman–Crippen LogP) is 3.81. The molecular weight excluding hydrogens is 498 g/mol. The quantitative estimate of drug-likeness (QED) is 0.153. The van der Waals surface area contributed by atoms with Crippen molar-refractivity contribution >= 4 is 40.7 Å². The van der Waals surface area contributed by atoms with Crippen LogP contribution < -0.4 is 31.6 Å². The molecule has 3 aromatic rings. The number of halogens is 1. The van der Waals surface area contributed by atoms with Gasteiger partial charge in [0.05, 0.1) is 12.2 Å². The number of hydrogen-bond donors (Lipinski definition) is 6. The van der Waals surface area contributed by atoms with Crippen LogP contribution in [-0.2, 0) is 17.9 Å². The molecule has 0 aliphatic carbocycles. The number of aliphatic carboxylic acids is 1. The van der Waals surface area contributed by atoms with E-state index < -0.39 is 18.5 Å². The number of amidine groups is 1. The lowest BCUT2D eigenvalue weighted by molar-refractivity contribution is -0.139. The van der Waals surface area contributed by atoms with E-state index in [0.29, 0.717) is 39.9 Å². The van der Waals surface area contributed by atoms with Gasteiger partial charge in [0.1, 0.15) is 5.84 Å². The summed E-state index contributed by atoms with van der Waals surface area (Å²) in [6.45, 7) is 2.02. The molecule has 3 rings (SSSR count). The smallest absolute Gasteiger partial charge is 0.341 e. The monoisotopic (exact) mass is 525 g/mol. The Balaban J connectivity index is 1.88. The summed E-state index contributed by atoms with van der Waals surface area (Å²) in [4.78, 5) is 24.2. The molecule has 10 nitrogen and oxygen atoms in total. The van der Waals surface area contributed by atoms with E-state index in [0.717, 1.165) is 5.56 Å². The lowest BCUT2D eigenvalue weighted by Crippen LogP contribution is -2.16. The first kappa shape index (κ1) is 27.3. The van der Waals surface area contributed by atoms with E-state index in [1.807, 2.05) is 0 Å². The van der Waals surface area contributed by atoms with Crippen molar-refractivity contribution in [2.24, 2.45) is 11.5 Å². The third kappa shape index (κ3) is 7.35. The lowest BCUT2D eigenvalue weighted by atomic mass is 10.1. The second-order valence-corrected chi connectivity index (χ2v) is 8.33. The number of anilines is 2. The number of carbonyl (C=O) groups excluding carboxylic acids is 1. The first-order chi connectivity index (χ1) is 17.7. The summed E-state index contributed by atoms with van der Waals surface area (Å²) in [5.74, 6) is -0.950. The summed E-state index contributed by atoms with van der Waals surface area (Å²) in [6.07, 6.45) is 0. The molecule has 0 aliphatic heterocycles. The zero-order valence-corrected chi connectivity index (χ0v) is 20.9. The van der Waals surface area contributed by atoms with Gasteiger partial charge in [-0.15, -0.1) is 0 Å². The molecule has 0 fully saturated rings. The van der Waals surface area contributed by atoms with Crippen LogP contribution in [0.2, 0.25) is 5.02 Å². The molecule has 0 atom stereocenters. The second-order valence-electron chi connectivity index (χ2n) is 7.89. The van der Waals surface area contributed by atoms with Crippen LogP contribution in [0.25, 0.3) is 0 Å². The molecule has 0 aromatic heterocycles. The Hall–Kier alpha value is -4.28. The second kappa shape index (κ2) is 12.6. The van der Waals surface area contributed by atoms with Crippen LogP contribution in [0.15, 0.2) is 54.6 Å². The Morgan fingerprint density at radius 1 is 1.08 bits per heavy atom. The Kier molecular flexibility index (Phi) is 9.31. The van der Waals surface area contributed by atoms with Crippen molar-refractivity contribution < 1.29 is 24.2 Å². The van der Waals surface area contributed by atoms with Crippen molar-refractivity contribution in [1.29, 1.82) is 5.41 Å². The van der Waals surface area contributed by atoms with Crippen LogP contribution in [0, 0.1) is 5.41 Å².